The van der Waals surface area contributed by atoms with Gasteiger partial charge in [0, 0.05) is 6.07 Å². The number of hydrogen-bond acceptors (Lipinski definition) is 6. The minimum absolute atomic E-state index is 0.153. The fraction of sp³-hybridized carbons (Fsp3) is 0.133. The Hall–Kier alpha value is -2.85. The largest absolute Gasteiger partial charge is 0.479 e. The molecular formula is C15H12ClN3O6S. The quantitative estimate of drug-likeness (QED) is 0.603. The van der Waals surface area contributed by atoms with Gasteiger partial charge in [0.1, 0.15) is 10.8 Å². The normalized spacial score (nSPS) is 16.2. The Balaban J connectivity index is 1.91. The first-order valence-electron chi connectivity index (χ1n) is 7.26. The van der Waals surface area contributed by atoms with Crippen LogP contribution in [0.25, 0.3) is 0 Å². The number of sulfonamides is 1. The Morgan fingerprint density at radius 3 is 2.69 bits per heavy atom. The Kier molecular flexibility index (Phi) is 4.46. The molecule has 3 rings (SSSR count). The molecule has 0 aromatic heterocycles. The molecule has 0 bridgehead atoms. The van der Waals surface area contributed by atoms with E-state index in [4.69, 9.17) is 16.3 Å². The van der Waals surface area contributed by atoms with Gasteiger partial charge in [-0.3, -0.25) is 19.6 Å². The zero-order valence-corrected chi connectivity index (χ0v) is 14.8. The lowest BCUT2D eigenvalue weighted by molar-refractivity contribution is -0.384. The third-order valence-electron chi connectivity index (χ3n) is 3.59. The number of rotatable bonds is 4. The lowest BCUT2D eigenvalue weighted by Gasteiger charge is -2.23. The molecule has 0 fully saturated rings. The van der Waals surface area contributed by atoms with Crippen molar-refractivity contribution < 1.29 is 22.9 Å². The molecule has 136 valence electrons. The first-order valence-corrected chi connectivity index (χ1v) is 9.12. The van der Waals surface area contributed by atoms with E-state index in [1.165, 1.54) is 18.2 Å². The summed E-state index contributed by atoms with van der Waals surface area (Å²) < 4.78 is 32.6. The van der Waals surface area contributed by atoms with Crippen molar-refractivity contribution in [3.8, 4) is 5.75 Å². The summed E-state index contributed by atoms with van der Waals surface area (Å²) in [6, 6.07) is 7.51. The molecule has 2 aromatic rings. The lowest BCUT2D eigenvalue weighted by atomic mass is 10.2. The minimum atomic E-state index is -4.10. The fourth-order valence-electron chi connectivity index (χ4n) is 2.29. The molecule has 2 aromatic carbocycles. The third-order valence-corrected chi connectivity index (χ3v) is 5.29. The predicted octanol–water partition coefficient (Wildman–Crippen LogP) is 2.77. The van der Waals surface area contributed by atoms with Crippen LogP contribution in [0, 0.1) is 10.1 Å². The number of ether oxygens (including phenoxy) is 1. The summed E-state index contributed by atoms with van der Waals surface area (Å²) in [7, 11) is -4.10. The van der Waals surface area contributed by atoms with Crippen molar-refractivity contribution in [3.05, 3.63) is 51.5 Å². The van der Waals surface area contributed by atoms with Crippen molar-refractivity contribution in [2.45, 2.75) is 17.9 Å². The van der Waals surface area contributed by atoms with E-state index in [0.29, 0.717) is 11.4 Å². The van der Waals surface area contributed by atoms with E-state index < -0.39 is 26.7 Å². The van der Waals surface area contributed by atoms with Crippen LogP contribution in [0.4, 0.5) is 17.1 Å². The van der Waals surface area contributed by atoms with Crippen LogP contribution in [-0.4, -0.2) is 25.4 Å². The van der Waals surface area contributed by atoms with Crippen molar-refractivity contribution in [2.75, 3.05) is 10.0 Å². The highest BCUT2D eigenvalue weighted by Gasteiger charge is 2.25. The van der Waals surface area contributed by atoms with Crippen molar-refractivity contribution in [1.82, 2.24) is 0 Å². The fourth-order valence-corrected chi connectivity index (χ4v) is 3.54. The highest BCUT2D eigenvalue weighted by molar-refractivity contribution is 7.92. The summed E-state index contributed by atoms with van der Waals surface area (Å²) in [5.41, 5.74) is -0.0511. The van der Waals surface area contributed by atoms with Gasteiger partial charge in [0.15, 0.2) is 6.10 Å². The number of halogens is 1. The zero-order valence-electron chi connectivity index (χ0n) is 13.2. The van der Waals surface area contributed by atoms with Crippen LogP contribution in [-0.2, 0) is 14.8 Å². The van der Waals surface area contributed by atoms with E-state index >= 15 is 0 Å². The van der Waals surface area contributed by atoms with Crippen LogP contribution >= 0.6 is 11.6 Å². The number of benzene rings is 2. The molecule has 2 N–H and O–H groups in total. The molecule has 11 heteroatoms. The molecule has 0 radical (unpaired) electrons. The summed E-state index contributed by atoms with van der Waals surface area (Å²) in [6.45, 7) is 1.59. The first kappa shape index (κ1) is 18.0. The van der Waals surface area contributed by atoms with Crippen molar-refractivity contribution >= 4 is 44.6 Å². The Labute approximate surface area is 153 Å². The first-order chi connectivity index (χ1) is 12.2. The molecule has 26 heavy (non-hydrogen) atoms. The van der Waals surface area contributed by atoms with E-state index in [1.54, 1.807) is 6.92 Å². The molecule has 0 saturated carbocycles. The average Bonchev–Trinajstić information content (AvgIpc) is 2.56. The third kappa shape index (κ3) is 3.41. The number of nitro groups is 1. The molecule has 0 aliphatic carbocycles. The molecular weight excluding hydrogens is 386 g/mol. The molecule has 1 aliphatic rings. The molecule has 0 unspecified atom stereocenters. The predicted molar refractivity (Wildman–Crippen MR) is 94.1 cm³/mol. The van der Waals surface area contributed by atoms with Gasteiger partial charge in [-0.2, -0.15) is 0 Å². The molecule has 1 heterocycles. The van der Waals surface area contributed by atoms with Crippen LogP contribution < -0.4 is 14.8 Å². The van der Waals surface area contributed by atoms with E-state index in [9.17, 15) is 23.3 Å². The maximum atomic E-state index is 12.5. The van der Waals surface area contributed by atoms with Crippen molar-refractivity contribution in [3.63, 3.8) is 0 Å². The number of nitrogens with one attached hydrogen (secondary N) is 2. The molecule has 9 nitrogen and oxygen atoms in total. The van der Waals surface area contributed by atoms with Crippen LogP contribution in [0.3, 0.4) is 0 Å². The maximum Gasteiger partial charge on any atom is 0.289 e. The highest BCUT2D eigenvalue weighted by atomic mass is 35.5. The number of hydrogen-bond donors (Lipinski definition) is 2. The van der Waals surface area contributed by atoms with Gasteiger partial charge in [0.25, 0.3) is 21.6 Å². The summed E-state index contributed by atoms with van der Waals surface area (Å²) >= 11 is 5.70. The van der Waals surface area contributed by atoms with Crippen LogP contribution in [0.1, 0.15) is 6.92 Å². The Morgan fingerprint density at radius 1 is 1.27 bits per heavy atom. The van der Waals surface area contributed by atoms with E-state index in [1.807, 2.05) is 0 Å². The molecule has 1 atom stereocenters. The second-order valence-electron chi connectivity index (χ2n) is 5.44. The van der Waals surface area contributed by atoms with Gasteiger partial charge in [0.05, 0.1) is 21.2 Å². The monoisotopic (exact) mass is 397 g/mol. The van der Waals surface area contributed by atoms with Crippen molar-refractivity contribution in [2.24, 2.45) is 0 Å². The number of nitrogens with zero attached hydrogens (tertiary/aromatic N) is 1. The van der Waals surface area contributed by atoms with Gasteiger partial charge < -0.3 is 10.1 Å². The summed E-state index contributed by atoms with van der Waals surface area (Å²) in [5.74, 6) is 0.0491. The van der Waals surface area contributed by atoms with Crippen LogP contribution in [0.2, 0.25) is 5.02 Å². The maximum absolute atomic E-state index is 12.5. The van der Waals surface area contributed by atoms with Gasteiger partial charge in [-0.15, -0.1) is 0 Å². The highest BCUT2D eigenvalue weighted by Crippen LogP contribution is 2.33. The Morgan fingerprint density at radius 2 is 2.00 bits per heavy atom. The van der Waals surface area contributed by atoms with Crippen LogP contribution in [0.15, 0.2) is 41.3 Å². The SMILES string of the molecule is C[C@H]1Oc2ccc(NS(=O)(=O)c3ccc(Cl)c([N+](=O)[O-])c3)cc2NC1=O. The standard InChI is InChI=1S/C15H12ClN3O6S/c1-8-15(20)17-12-6-9(2-5-14(12)25-8)18-26(23,24)10-3-4-11(16)13(7-10)19(21)22/h2-8,18H,1H3,(H,17,20)/t8-/m1/s1. The molecule has 0 saturated heterocycles. The van der Waals surface area contributed by atoms with Gasteiger partial charge in [0.2, 0.25) is 0 Å². The summed E-state index contributed by atoms with van der Waals surface area (Å²) in [6.07, 6.45) is -0.653. The second kappa shape index (κ2) is 6.46. The number of fused-ring (bicyclic) bond motifs is 1. The lowest BCUT2D eigenvalue weighted by Crippen LogP contribution is -2.34. The van der Waals surface area contributed by atoms with Gasteiger partial charge in [-0.1, -0.05) is 11.6 Å². The number of carbonyl (C=O) groups is 1. The number of nitro benzene ring substituents is 1. The van der Waals surface area contributed by atoms with Crippen LogP contribution in [0.5, 0.6) is 5.75 Å². The van der Waals surface area contributed by atoms with Crippen molar-refractivity contribution in [1.29, 1.82) is 0 Å². The van der Waals surface area contributed by atoms with E-state index in [0.717, 1.165) is 18.2 Å². The molecule has 0 spiro atoms. The number of carbonyl (C=O) groups excluding carboxylic acids is 1. The van der Waals surface area contributed by atoms with Gasteiger partial charge in [-0.05, 0) is 37.3 Å². The van der Waals surface area contributed by atoms with Gasteiger partial charge >= 0.3 is 0 Å². The zero-order chi connectivity index (χ0) is 19.1. The van der Waals surface area contributed by atoms with E-state index in [2.05, 4.69) is 10.0 Å². The topological polar surface area (TPSA) is 128 Å². The molecule has 1 aliphatic heterocycles. The molecule has 1 amide bonds. The number of amides is 1. The Bertz CT molecular complexity index is 1020. The van der Waals surface area contributed by atoms with E-state index in [-0.39, 0.29) is 21.5 Å². The minimum Gasteiger partial charge on any atom is -0.479 e. The van der Waals surface area contributed by atoms with Gasteiger partial charge in [-0.25, -0.2) is 8.42 Å². The summed E-state index contributed by atoms with van der Waals surface area (Å²) in [4.78, 5) is 21.5. The summed E-state index contributed by atoms with van der Waals surface area (Å²) in [5, 5.41) is 13.4. The average molecular weight is 398 g/mol. The second-order valence-corrected chi connectivity index (χ2v) is 7.53. The smallest absolute Gasteiger partial charge is 0.289 e. The number of anilines is 2.